The zero-order chi connectivity index (χ0) is 57.7. The van der Waals surface area contributed by atoms with Crippen LogP contribution in [0.4, 0.5) is 11.9 Å². The number of nitrogens with zero attached hydrogens (tertiary/aromatic N) is 8. The van der Waals surface area contributed by atoms with Gasteiger partial charge in [-0.15, -0.1) is 0 Å². The SMILES string of the molecule is COc1nc(NC(C)=O)nc2c1ncn2[C@@H]1O[C@@H]2CO[Si](C(C)C)(C(C)C)O[Si](C(C)C)(C(C)C)O[C@H]2C1=O.COc1nc(NC(C)=O)nc2c1ncn2[C@@H]1O[C@@H]2CO[Si](C(C)C)(C(C)C)O[Si](C(C)C)(C(C)C)O[C@H]2[C@H]1O. The molecule has 0 radical (unpaired) electrons. The predicted octanol–water partition coefficient (Wildman–Crippen LogP) is 8.22. The quantitative estimate of drug-likeness (QED) is 0.100. The first kappa shape index (κ1) is 61.4. The van der Waals surface area contributed by atoms with Crippen LogP contribution in [0.1, 0.15) is 137 Å². The van der Waals surface area contributed by atoms with Gasteiger partial charge in [-0.05, 0) is 44.3 Å². The van der Waals surface area contributed by atoms with E-state index in [4.69, 9.17) is 44.9 Å². The average molecular weight is 1160 g/mol. The van der Waals surface area contributed by atoms with Crippen molar-refractivity contribution >= 4 is 86.1 Å². The molecule has 8 heterocycles. The number of carbonyl (C=O) groups excluding carboxylic acids is 3. The molecule has 7 atom stereocenters. The largest absolute Gasteiger partial charge is 0.479 e. The Morgan fingerprint density at radius 1 is 0.590 bits per heavy atom. The molecule has 4 saturated heterocycles. The number of methoxy groups -OCH3 is 2. The molecule has 4 aliphatic rings. The van der Waals surface area contributed by atoms with Gasteiger partial charge in [-0.3, -0.25) is 34.2 Å². The van der Waals surface area contributed by atoms with Crippen molar-refractivity contribution in [2.75, 3.05) is 38.1 Å². The Hall–Kier alpha value is -4.18. The van der Waals surface area contributed by atoms with E-state index in [1.54, 1.807) is 4.57 Å². The van der Waals surface area contributed by atoms with E-state index in [1.807, 2.05) is 0 Å². The highest BCUT2D eigenvalue weighted by atomic mass is 28.5. The number of fused-ring (bicyclic) bond motifs is 4. The van der Waals surface area contributed by atoms with Gasteiger partial charge in [0.05, 0.1) is 40.1 Å². The Morgan fingerprint density at radius 2 is 0.987 bits per heavy atom. The number of rotatable bonds is 14. The molecule has 4 aromatic heterocycles. The van der Waals surface area contributed by atoms with Crippen molar-refractivity contribution in [2.45, 2.75) is 212 Å². The Balaban J connectivity index is 0.000000226. The number of aromatic nitrogens is 8. The number of ketones is 1. The average Bonchev–Trinajstić information content (AvgIpc) is 4.23. The van der Waals surface area contributed by atoms with Gasteiger partial charge in [-0.2, -0.15) is 19.9 Å². The zero-order valence-corrected chi connectivity index (χ0v) is 53.1. The molecule has 24 nitrogen and oxygen atoms in total. The number of hydrogen-bond acceptors (Lipinski definition) is 20. The minimum atomic E-state index is -3.00. The maximum absolute atomic E-state index is 14.0. The maximum Gasteiger partial charge on any atom is 0.335 e. The summed E-state index contributed by atoms with van der Waals surface area (Å²) in [4.78, 5) is 63.5. The molecule has 4 aliphatic heterocycles. The molecule has 2 amide bonds. The van der Waals surface area contributed by atoms with Gasteiger partial charge in [0.15, 0.2) is 34.8 Å². The second-order valence-electron chi connectivity index (χ2n) is 23.2. The van der Waals surface area contributed by atoms with E-state index in [2.05, 4.69) is 151 Å². The van der Waals surface area contributed by atoms with Crippen LogP contribution in [-0.4, -0.2) is 154 Å². The summed E-state index contributed by atoms with van der Waals surface area (Å²) in [6.45, 7) is 37.4. The molecule has 28 heteroatoms. The molecule has 0 unspecified atom stereocenters. The van der Waals surface area contributed by atoms with Crippen molar-refractivity contribution in [2.24, 2.45) is 0 Å². The van der Waals surface area contributed by atoms with Crippen LogP contribution in [0.25, 0.3) is 22.3 Å². The fourth-order valence-electron chi connectivity index (χ4n) is 11.4. The Kier molecular flexibility index (Phi) is 18.7. The number of carbonyl (C=O) groups is 3. The van der Waals surface area contributed by atoms with Crippen LogP contribution in [0.5, 0.6) is 11.8 Å². The Bertz CT molecular complexity index is 2760. The van der Waals surface area contributed by atoms with Crippen LogP contribution in [0.2, 0.25) is 44.3 Å². The van der Waals surface area contributed by atoms with E-state index in [9.17, 15) is 19.5 Å². The second-order valence-corrected chi connectivity index (χ2v) is 40.9. The Labute approximate surface area is 462 Å². The molecule has 0 bridgehead atoms. The predicted molar refractivity (Wildman–Crippen MR) is 299 cm³/mol. The minimum Gasteiger partial charge on any atom is -0.479 e. The molecular weight excluding hydrogens is 1080 g/mol. The number of ether oxygens (including phenoxy) is 4. The summed E-state index contributed by atoms with van der Waals surface area (Å²) < 4.78 is 68.6. The monoisotopic (exact) mass is 1160 g/mol. The molecule has 8 rings (SSSR count). The zero-order valence-electron chi connectivity index (χ0n) is 49.1. The van der Waals surface area contributed by atoms with Crippen molar-refractivity contribution in [1.82, 2.24) is 39.0 Å². The van der Waals surface area contributed by atoms with E-state index < -0.39 is 77.2 Å². The number of nitrogens with one attached hydrogen (secondary N) is 2. The molecule has 0 aromatic carbocycles. The molecular formula is C50H84N10O14Si4. The Morgan fingerprint density at radius 3 is 1.40 bits per heavy atom. The minimum absolute atomic E-state index is 0.0359. The molecule has 3 N–H and O–H groups in total. The van der Waals surface area contributed by atoms with E-state index in [1.165, 1.54) is 45.3 Å². The number of anilines is 2. The lowest BCUT2D eigenvalue weighted by molar-refractivity contribution is -0.130. The lowest BCUT2D eigenvalue weighted by Crippen LogP contribution is -2.65. The lowest BCUT2D eigenvalue weighted by Gasteiger charge is -2.51. The highest BCUT2D eigenvalue weighted by Crippen LogP contribution is 2.50. The summed E-state index contributed by atoms with van der Waals surface area (Å²) in [7, 11) is -8.56. The van der Waals surface area contributed by atoms with Gasteiger partial charge in [0.1, 0.15) is 30.5 Å². The van der Waals surface area contributed by atoms with Gasteiger partial charge in [-0.1, -0.05) is 111 Å². The first-order chi connectivity index (χ1) is 36.5. The van der Waals surface area contributed by atoms with Crippen molar-refractivity contribution in [1.29, 1.82) is 0 Å². The maximum atomic E-state index is 14.0. The first-order valence-electron chi connectivity index (χ1n) is 27.2. The number of aliphatic hydroxyl groups excluding tert-OH is 1. The number of amides is 2. The third-order valence-corrected chi connectivity index (χ3v) is 35.9. The van der Waals surface area contributed by atoms with Crippen LogP contribution in [0.3, 0.4) is 0 Å². The summed E-state index contributed by atoms with van der Waals surface area (Å²) in [5.74, 6) is -0.454. The topological polar surface area (TPSA) is 275 Å². The fourth-order valence-corrected chi connectivity index (χ4v) is 33.8. The van der Waals surface area contributed by atoms with Crippen molar-refractivity contribution < 1.29 is 64.4 Å². The second kappa shape index (κ2) is 23.7. The van der Waals surface area contributed by atoms with Gasteiger partial charge >= 0.3 is 34.2 Å². The van der Waals surface area contributed by atoms with Crippen LogP contribution in [0, 0.1) is 0 Å². The fraction of sp³-hybridized carbons (Fsp3) is 0.740. The summed E-state index contributed by atoms with van der Waals surface area (Å²) in [5.41, 5.74) is 2.46. The van der Waals surface area contributed by atoms with Gasteiger partial charge in [0, 0.05) is 13.8 Å². The normalized spacial score (nSPS) is 25.8. The molecule has 0 saturated carbocycles. The molecule has 0 spiro atoms. The van der Waals surface area contributed by atoms with E-state index in [-0.39, 0.29) is 98.8 Å². The highest BCUT2D eigenvalue weighted by molar-refractivity contribution is 6.84. The molecule has 78 heavy (non-hydrogen) atoms. The van der Waals surface area contributed by atoms with Crippen LogP contribution < -0.4 is 20.1 Å². The number of hydrogen-bond donors (Lipinski definition) is 3. The molecule has 4 fully saturated rings. The van der Waals surface area contributed by atoms with Gasteiger partial charge < -0.3 is 50.0 Å². The van der Waals surface area contributed by atoms with Crippen molar-refractivity contribution in [3.05, 3.63) is 12.7 Å². The summed E-state index contributed by atoms with van der Waals surface area (Å²) in [6, 6.07) is 0. The van der Waals surface area contributed by atoms with Crippen LogP contribution in [0.15, 0.2) is 12.7 Å². The smallest absolute Gasteiger partial charge is 0.335 e. The third-order valence-electron chi connectivity index (χ3n) is 15.4. The van der Waals surface area contributed by atoms with Gasteiger partial charge in [-0.25, -0.2) is 9.97 Å². The van der Waals surface area contributed by atoms with Gasteiger partial charge in [0.25, 0.3) is 0 Å². The highest BCUT2D eigenvalue weighted by Gasteiger charge is 2.64. The van der Waals surface area contributed by atoms with Crippen LogP contribution >= 0.6 is 0 Å². The number of imidazole rings is 2. The van der Waals surface area contributed by atoms with Gasteiger partial charge in [0.2, 0.25) is 41.3 Å². The third kappa shape index (κ3) is 11.1. The van der Waals surface area contributed by atoms with Crippen molar-refractivity contribution in [3.63, 3.8) is 0 Å². The van der Waals surface area contributed by atoms with Crippen molar-refractivity contribution in [3.8, 4) is 11.8 Å². The lowest BCUT2D eigenvalue weighted by atomic mass is 10.1. The summed E-state index contributed by atoms with van der Waals surface area (Å²) >= 11 is 0. The molecule has 0 aliphatic carbocycles. The molecule has 434 valence electrons. The number of aliphatic hydroxyl groups is 1. The first-order valence-corrected chi connectivity index (χ1v) is 35.1. The standard InChI is InChI=1S/C25H43N5O7Si2.C25H41N5O7Si2/c2*1-13(2)38(14(3)4)34-11-18-21(36-39(37-38,15(5)6)16(7)8)20(32)24(35-18)30-12-26-19-22(30)28-25(27-17(9)31)29-23(19)33-10/h12-16,18,20-21,24,32H,11H2,1-10H3,(H,27,28,29,31);12-16,18,21,24H,11H2,1-10H3,(H,27,28,29,31)/t18-,20-,21-,24-;18-,21-,24-/m11/s1. The van der Waals surface area contributed by atoms with E-state index in [0.29, 0.717) is 22.3 Å². The molecule has 4 aromatic rings. The van der Waals surface area contributed by atoms with Crippen LogP contribution in [-0.2, 0) is 49.8 Å². The summed E-state index contributed by atoms with van der Waals surface area (Å²) in [5, 5.41) is 16.8. The number of Topliss-reactive ketones (excluding diaryl/α,β-unsaturated/α-hetero) is 1. The summed E-state index contributed by atoms with van der Waals surface area (Å²) in [6.07, 6.45) is -2.68. The van der Waals surface area contributed by atoms with E-state index >= 15 is 0 Å². The van der Waals surface area contributed by atoms with E-state index in [0.717, 1.165) is 0 Å².